The van der Waals surface area contributed by atoms with E-state index in [1.54, 1.807) is 19.9 Å². The van der Waals surface area contributed by atoms with Crippen LogP contribution >= 0.6 is 0 Å². The van der Waals surface area contributed by atoms with Gasteiger partial charge in [0.2, 0.25) is 0 Å². The van der Waals surface area contributed by atoms with Crippen LogP contribution in [0, 0.1) is 24.6 Å². The van der Waals surface area contributed by atoms with E-state index in [0.717, 1.165) is 69.2 Å². The third-order valence-corrected chi connectivity index (χ3v) is 10.1. The molecule has 2 aromatic heterocycles. The molecule has 3 aliphatic rings. The molecule has 236 valence electrons. The van der Waals surface area contributed by atoms with Gasteiger partial charge in [0.25, 0.3) is 11.8 Å². The molecule has 3 aromatic rings. The number of hydrogen-bond donors (Lipinski definition) is 1. The SMILES string of the molecule is Cc1cncc2c1c(C[C@@H]1CCN(CC3CCN(C(=O)C(C)(C)O)CC3)C1)cn2-c1ccc(F)cc1C(=O)N1CCC[C@H]1C. The van der Waals surface area contributed by atoms with E-state index in [1.165, 1.54) is 23.1 Å². The van der Waals surface area contributed by atoms with Crippen molar-refractivity contribution < 1.29 is 19.1 Å². The Balaban J connectivity index is 1.18. The van der Waals surface area contributed by atoms with Gasteiger partial charge in [-0.1, -0.05) is 0 Å². The number of carbonyl (C=O) groups excluding carboxylic acids is 2. The van der Waals surface area contributed by atoms with Crippen LogP contribution in [0.3, 0.4) is 0 Å². The minimum atomic E-state index is -1.31. The normalized spacial score (nSPS) is 22.0. The Morgan fingerprint density at radius 3 is 2.50 bits per heavy atom. The summed E-state index contributed by atoms with van der Waals surface area (Å²) in [4.78, 5) is 36.9. The second kappa shape index (κ2) is 12.2. The van der Waals surface area contributed by atoms with E-state index in [-0.39, 0.29) is 17.9 Å². The number of piperidine rings is 1. The predicted molar refractivity (Wildman–Crippen MR) is 169 cm³/mol. The van der Waals surface area contributed by atoms with Crippen LogP contribution < -0.4 is 0 Å². The van der Waals surface area contributed by atoms with E-state index in [4.69, 9.17) is 0 Å². The number of aryl methyl sites for hydroxylation is 1. The van der Waals surface area contributed by atoms with Crippen molar-refractivity contribution >= 4 is 22.7 Å². The molecule has 2 amide bonds. The number of aromatic nitrogens is 2. The molecule has 3 saturated heterocycles. The molecule has 0 saturated carbocycles. The number of likely N-dealkylation sites (tertiary alicyclic amines) is 3. The minimum Gasteiger partial charge on any atom is -0.381 e. The fourth-order valence-corrected chi connectivity index (χ4v) is 7.70. The molecule has 1 N–H and O–H groups in total. The van der Waals surface area contributed by atoms with Gasteiger partial charge >= 0.3 is 0 Å². The van der Waals surface area contributed by atoms with Crippen molar-refractivity contribution in [2.45, 2.75) is 77.9 Å². The summed E-state index contributed by atoms with van der Waals surface area (Å²) >= 11 is 0. The number of aliphatic hydroxyl groups is 1. The first kappa shape index (κ1) is 30.7. The Morgan fingerprint density at radius 1 is 1.05 bits per heavy atom. The molecule has 6 rings (SSSR count). The average molecular weight is 604 g/mol. The molecule has 3 aliphatic heterocycles. The van der Waals surface area contributed by atoms with Crippen LogP contribution in [0.25, 0.3) is 16.6 Å². The van der Waals surface area contributed by atoms with E-state index in [2.05, 4.69) is 29.9 Å². The molecule has 44 heavy (non-hydrogen) atoms. The number of halogens is 1. The lowest BCUT2D eigenvalue weighted by Gasteiger charge is -2.36. The molecule has 3 fully saturated rings. The standard InChI is InChI=1S/C35H46FN5O3/c1-23-18-37-19-31-32(23)27(22-41(31)30-8-7-28(36)17-29(30)33(42)40-12-5-6-24(40)2)16-26-9-13-38(21-26)20-25-10-14-39(15-11-25)34(43)35(3,4)44/h7-8,17-19,22,24-26,44H,5-6,9-16,20-21H2,1-4H3/t24-,26+/m1/s1. The van der Waals surface area contributed by atoms with Gasteiger partial charge in [0, 0.05) is 56.5 Å². The average Bonchev–Trinajstić information content (AvgIpc) is 3.72. The first-order valence-electron chi connectivity index (χ1n) is 16.3. The Hall–Kier alpha value is -3.30. The highest BCUT2D eigenvalue weighted by Gasteiger charge is 2.34. The van der Waals surface area contributed by atoms with Gasteiger partial charge in [0.05, 0.1) is 23.0 Å². The van der Waals surface area contributed by atoms with Gasteiger partial charge in [-0.25, -0.2) is 4.39 Å². The van der Waals surface area contributed by atoms with Crippen molar-refractivity contribution in [3.63, 3.8) is 0 Å². The molecule has 0 bridgehead atoms. The number of hydrogen-bond acceptors (Lipinski definition) is 5. The number of nitrogens with zero attached hydrogens (tertiary/aromatic N) is 5. The third-order valence-electron chi connectivity index (χ3n) is 10.1. The highest BCUT2D eigenvalue weighted by molar-refractivity contribution is 5.99. The molecular formula is C35H46FN5O3. The van der Waals surface area contributed by atoms with E-state index >= 15 is 0 Å². The second-order valence-corrected chi connectivity index (χ2v) is 13.9. The summed E-state index contributed by atoms with van der Waals surface area (Å²) in [5.74, 6) is 0.371. The van der Waals surface area contributed by atoms with Crippen molar-refractivity contribution in [3.8, 4) is 5.69 Å². The molecule has 8 nitrogen and oxygen atoms in total. The van der Waals surface area contributed by atoms with Gasteiger partial charge in [-0.3, -0.25) is 14.6 Å². The lowest BCUT2D eigenvalue weighted by Crippen LogP contribution is -2.49. The molecule has 0 aliphatic carbocycles. The largest absolute Gasteiger partial charge is 0.381 e. The van der Waals surface area contributed by atoms with Gasteiger partial charge in [0.1, 0.15) is 11.4 Å². The van der Waals surface area contributed by atoms with Gasteiger partial charge in [0.15, 0.2) is 0 Å². The fourth-order valence-electron chi connectivity index (χ4n) is 7.70. The molecular weight excluding hydrogens is 557 g/mol. The van der Waals surface area contributed by atoms with E-state index in [0.29, 0.717) is 42.7 Å². The monoisotopic (exact) mass is 603 g/mol. The Bertz CT molecular complexity index is 1540. The fraction of sp³-hybridized carbons (Fsp3) is 0.571. The zero-order valence-corrected chi connectivity index (χ0v) is 26.6. The highest BCUT2D eigenvalue weighted by Crippen LogP contribution is 2.34. The first-order chi connectivity index (χ1) is 21.0. The van der Waals surface area contributed by atoms with Crippen molar-refractivity contribution in [3.05, 3.63) is 59.3 Å². The van der Waals surface area contributed by atoms with Crippen molar-refractivity contribution in [2.24, 2.45) is 11.8 Å². The maximum absolute atomic E-state index is 14.5. The highest BCUT2D eigenvalue weighted by atomic mass is 19.1. The molecule has 0 radical (unpaired) electrons. The van der Waals surface area contributed by atoms with Crippen LogP contribution in [0.5, 0.6) is 0 Å². The smallest absolute Gasteiger partial charge is 0.256 e. The Morgan fingerprint density at radius 2 is 1.80 bits per heavy atom. The molecule has 1 aromatic carbocycles. The maximum atomic E-state index is 14.5. The van der Waals surface area contributed by atoms with E-state index in [1.807, 2.05) is 26.8 Å². The van der Waals surface area contributed by atoms with Crippen molar-refractivity contribution in [1.29, 1.82) is 0 Å². The Labute approximate surface area is 259 Å². The van der Waals surface area contributed by atoms with Gasteiger partial charge in [-0.15, -0.1) is 0 Å². The lowest BCUT2D eigenvalue weighted by molar-refractivity contribution is -0.149. The molecule has 0 unspecified atom stereocenters. The predicted octanol–water partition coefficient (Wildman–Crippen LogP) is 4.97. The van der Waals surface area contributed by atoms with Gasteiger partial charge in [-0.2, -0.15) is 0 Å². The van der Waals surface area contributed by atoms with Crippen LogP contribution in [0.15, 0.2) is 36.8 Å². The zero-order chi connectivity index (χ0) is 31.2. The van der Waals surface area contributed by atoms with Gasteiger partial charge < -0.3 is 24.4 Å². The number of benzene rings is 1. The van der Waals surface area contributed by atoms with Crippen LogP contribution in [-0.2, 0) is 11.2 Å². The van der Waals surface area contributed by atoms with Crippen LogP contribution in [-0.4, -0.2) is 92.1 Å². The lowest BCUT2D eigenvalue weighted by atomic mass is 9.94. The summed E-state index contributed by atoms with van der Waals surface area (Å²) in [6.45, 7) is 12.5. The second-order valence-electron chi connectivity index (χ2n) is 13.9. The Kier molecular flexibility index (Phi) is 8.54. The number of rotatable bonds is 7. The summed E-state index contributed by atoms with van der Waals surface area (Å²) < 4.78 is 16.6. The number of carbonyl (C=O) groups is 2. The summed E-state index contributed by atoms with van der Waals surface area (Å²) in [7, 11) is 0. The molecule has 5 heterocycles. The molecule has 2 atom stereocenters. The van der Waals surface area contributed by atoms with E-state index in [9.17, 15) is 19.1 Å². The van der Waals surface area contributed by atoms with E-state index < -0.39 is 11.4 Å². The molecule has 0 spiro atoms. The summed E-state index contributed by atoms with van der Waals surface area (Å²) in [5.41, 5.74) is 3.06. The summed E-state index contributed by atoms with van der Waals surface area (Å²) in [5, 5.41) is 11.3. The maximum Gasteiger partial charge on any atom is 0.256 e. The summed E-state index contributed by atoms with van der Waals surface area (Å²) in [6.07, 6.45) is 11.8. The van der Waals surface area contributed by atoms with Gasteiger partial charge in [-0.05, 0) is 114 Å². The quantitative estimate of drug-likeness (QED) is 0.413. The topological polar surface area (TPSA) is 81.9 Å². The molecule has 9 heteroatoms. The number of fused-ring (bicyclic) bond motifs is 1. The first-order valence-corrected chi connectivity index (χ1v) is 16.3. The number of amides is 2. The van der Waals surface area contributed by atoms with Crippen LogP contribution in [0.4, 0.5) is 4.39 Å². The number of pyridine rings is 1. The van der Waals surface area contributed by atoms with Crippen molar-refractivity contribution in [2.75, 3.05) is 39.3 Å². The third kappa shape index (κ3) is 6.13. The van der Waals surface area contributed by atoms with Crippen LogP contribution in [0.2, 0.25) is 0 Å². The van der Waals surface area contributed by atoms with Crippen molar-refractivity contribution in [1.82, 2.24) is 24.3 Å². The summed E-state index contributed by atoms with van der Waals surface area (Å²) in [6, 6.07) is 4.70. The zero-order valence-electron chi connectivity index (χ0n) is 26.6. The minimum absolute atomic E-state index is 0.116. The van der Waals surface area contributed by atoms with Crippen LogP contribution in [0.1, 0.15) is 74.4 Å².